The van der Waals surface area contributed by atoms with E-state index in [9.17, 15) is 9.90 Å². The average molecular weight is 631 g/mol. The van der Waals surface area contributed by atoms with Crippen molar-refractivity contribution in [3.8, 4) is 5.75 Å². The van der Waals surface area contributed by atoms with Gasteiger partial charge in [-0.1, -0.05) is 53.6 Å². The highest BCUT2D eigenvalue weighted by Crippen LogP contribution is 2.69. The SMILES string of the molecule is C/C=C1/CN2CC[C@]34c5ccccc5N5[C@H]3[C@@H](CO[C@H]5[C@@H]3[C@H]5C[C@@H]6N(CC[C@@]67c6cccc(O)c6N(C(C)=O)[C@H]37)C/C5=C/C)[C@H]1C[C@H]24. The maximum atomic E-state index is 14.0. The van der Waals surface area contributed by atoms with Crippen molar-refractivity contribution in [3.63, 3.8) is 0 Å². The molecule has 7 heteroatoms. The van der Waals surface area contributed by atoms with Crippen LogP contribution in [0.5, 0.6) is 5.75 Å². The lowest BCUT2D eigenvalue weighted by Gasteiger charge is -2.63. The molecule has 2 aromatic carbocycles. The van der Waals surface area contributed by atoms with E-state index in [0.29, 0.717) is 35.9 Å². The van der Waals surface area contributed by atoms with Gasteiger partial charge in [-0.15, -0.1) is 0 Å². The first kappa shape index (κ1) is 27.8. The molecule has 0 unspecified atom stereocenters. The summed E-state index contributed by atoms with van der Waals surface area (Å²) in [7, 11) is 0. The Balaban J connectivity index is 1.14. The van der Waals surface area contributed by atoms with Gasteiger partial charge in [0, 0.05) is 66.5 Å². The smallest absolute Gasteiger partial charge is 0.224 e. The fraction of sp³-hybridized carbons (Fsp3) is 0.575. The molecular formula is C40H46N4O3. The topological polar surface area (TPSA) is 59.5 Å². The number of ether oxygens (including phenoxy) is 1. The van der Waals surface area contributed by atoms with Crippen molar-refractivity contribution < 1.29 is 14.6 Å². The lowest BCUT2D eigenvalue weighted by atomic mass is 9.53. The van der Waals surface area contributed by atoms with Crippen LogP contribution in [0, 0.1) is 23.7 Å². The number of carbonyl (C=O) groups is 1. The van der Waals surface area contributed by atoms with Crippen LogP contribution in [-0.4, -0.2) is 84.0 Å². The first-order chi connectivity index (χ1) is 22.9. The number of rotatable bonds is 1. The van der Waals surface area contributed by atoms with Crippen molar-refractivity contribution in [2.24, 2.45) is 23.7 Å². The molecule has 7 aliphatic heterocycles. The number of aromatic hydroxyl groups is 1. The molecule has 47 heavy (non-hydrogen) atoms. The number of hydrogen-bond donors (Lipinski definition) is 1. The molecule has 2 aliphatic carbocycles. The van der Waals surface area contributed by atoms with Crippen molar-refractivity contribution in [2.45, 2.75) is 87.7 Å². The summed E-state index contributed by atoms with van der Waals surface area (Å²) in [6, 6.07) is 16.6. The van der Waals surface area contributed by atoms with Crippen molar-refractivity contribution in [3.05, 3.63) is 76.9 Å². The number of phenols is 1. The summed E-state index contributed by atoms with van der Waals surface area (Å²) in [5.74, 6) is 1.68. The summed E-state index contributed by atoms with van der Waals surface area (Å²) in [6.07, 6.45) is 9.17. The number of allylic oxidation sites excluding steroid dienone is 2. The summed E-state index contributed by atoms with van der Waals surface area (Å²) in [5, 5.41) is 11.5. The second-order valence-electron chi connectivity index (χ2n) is 16.3. The van der Waals surface area contributed by atoms with Gasteiger partial charge in [-0.3, -0.25) is 14.6 Å². The first-order valence-electron chi connectivity index (χ1n) is 18.3. The van der Waals surface area contributed by atoms with Gasteiger partial charge in [0.05, 0.1) is 18.3 Å². The lowest BCUT2D eigenvalue weighted by molar-refractivity contribution is -0.129. The first-order valence-corrected chi connectivity index (χ1v) is 18.3. The largest absolute Gasteiger partial charge is 0.506 e. The van der Waals surface area contributed by atoms with Crippen molar-refractivity contribution in [1.29, 1.82) is 0 Å². The molecule has 2 spiro atoms. The number of benzene rings is 2. The van der Waals surface area contributed by atoms with Crippen LogP contribution >= 0.6 is 0 Å². The number of anilines is 2. The minimum atomic E-state index is -0.220. The second kappa shape index (κ2) is 9.10. The second-order valence-corrected chi connectivity index (χ2v) is 16.3. The summed E-state index contributed by atoms with van der Waals surface area (Å²) in [5.41, 5.74) is 7.87. The van der Waals surface area contributed by atoms with E-state index in [1.807, 2.05) is 6.07 Å². The summed E-state index contributed by atoms with van der Waals surface area (Å²) >= 11 is 0. The van der Waals surface area contributed by atoms with Crippen molar-refractivity contribution >= 4 is 17.3 Å². The number of nitrogens with zero attached hydrogens (tertiary/aromatic N) is 4. The maximum absolute atomic E-state index is 14.0. The molecule has 11 rings (SSSR count). The minimum absolute atomic E-state index is 0.0309. The van der Waals surface area contributed by atoms with Crippen molar-refractivity contribution in [2.75, 3.05) is 42.6 Å². The number of hydrogen-bond acceptors (Lipinski definition) is 6. The van der Waals surface area contributed by atoms with Crippen LogP contribution in [0.1, 0.15) is 57.6 Å². The molecule has 11 atom stereocenters. The van der Waals surface area contributed by atoms with E-state index in [0.717, 1.165) is 51.3 Å². The van der Waals surface area contributed by atoms with Crippen LogP contribution in [-0.2, 0) is 20.4 Å². The Morgan fingerprint density at radius 2 is 1.53 bits per heavy atom. The molecule has 0 radical (unpaired) electrons. The minimum Gasteiger partial charge on any atom is -0.506 e. The third-order valence-electron chi connectivity index (χ3n) is 15.3. The Hall–Kier alpha value is -3.13. The van der Waals surface area contributed by atoms with E-state index in [-0.39, 0.29) is 40.7 Å². The van der Waals surface area contributed by atoms with Gasteiger partial charge >= 0.3 is 0 Å². The Morgan fingerprint density at radius 3 is 2.26 bits per heavy atom. The van der Waals surface area contributed by atoms with Gasteiger partial charge in [-0.05, 0) is 87.7 Å². The molecule has 9 aliphatic rings. The number of amides is 1. The highest BCUT2D eigenvalue weighted by molar-refractivity contribution is 5.98. The molecule has 244 valence electrons. The fourth-order valence-corrected chi connectivity index (χ4v) is 14.0. The van der Waals surface area contributed by atoms with E-state index in [1.54, 1.807) is 24.1 Å². The van der Waals surface area contributed by atoms with Gasteiger partial charge in [0.25, 0.3) is 0 Å². The van der Waals surface area contributed by atoms with Crippen LogP contribution in [0.4, 0.5) is 11.4 Å². The van der Waals surface area contributed by atoms with Crippen LogP contribution in [0.2, 0.25) is 0 Å². The van der Waals surface area contributed by atoms with E-state index < -0.39 is 0 Å². The zero-order valence-corrected chi connectivity index (χ0v) is 27.8. The Morgan fingerprint density at radius 1 is 0.872 bits per heavy atom. The fourth-order valence-electron chi connectivity index (χ4n) is 14.0. The molecule has 4 bridgehead atoms. The number of piperidine rings is 2. The zero-order valence-electron chi connectivity index (χ0n) is 27.8. The normalized spacial score (nSPS) is 45.3. The molecule has 7 fully saturated rings. The summed E-state index contributed by atoms with van der Waals surface area (Å²) in [6.45, 7) is 11.2. The average Bonchev–Trinajstić information content (AvgIpc) is 3.84. The van der Waals surface area contributed by atoms with E-state index in [2.05, 4.69) is 75.9 Å². The number of para-hydroxylation sites is 2. The van der Waals surface area contributed by atoms with Gasteiger partial charge in [0.2, 0.25) is 5.91 Å². The number of phenolic OH excluding ortho intramolecular Hbond substituents is 1. The predicted molar refractivity (Wildman–Crippen MR) is 182 cm³/mol. The predicted octanol–water partition coefficient (Wildman–Crippen LogP) is 5.19. The van der Waals surface area contributed by atoms with Gasteiger partial charge in [0.15, 0.2) is 0 Å². The molecule has 0 aromatic heterocycles. The van der Waals surface area contributed by atoms with Crippen LogP contribution < -0.4 is 9.80 Å². The third-order valence-corrected chi connectivity index (χ3v) is 15.3. The molecule has 5 saturated heterocycles. The van der Waals surface area contributed by atoms with Crippen molar-refractivity contribution in [1.82, 2.24) is 9.80 Å². The highest BCUT2D eigenvalue weighted by Gasteiger charge is 2.74. The molecule has 2 aromatic rings. The molecule has 1 amide bonds. The summed E-state index contributed by atoms with van der Waals surface area (Å²) < 4.78 is 7.46. The highest BCUT2D eigenvalue weighted by atomic mass is 16.5. The summed E-state index contributed by atoms with van der Waals surface area (Å²) in [4.78, 5) is 24.4. The number of fused-ring (bicyclic) bond motifs is 6. The van der Waals surface area contributed by atoms with Gasteiger partial charge in [-0.2, -0.15) is 0 Å². The quantitative estimate of drug-likeness (QED) is 0.438. The molecule has 2 saturated carbocycles. The van der Waals surface area contributed by atoms with Crippen LogP contribution in [0.15, 0.2) is 65.8 Å². The maximum Gasteiger partial charge on any atom is 0.224 e. The van der Waals surface area contributed by atoms with Crippen LogP contribution in [0.25, 0.3) is 0 Å². The van der Waals surface area contributed by atoms with Gasteiger partial charge in [0.1, 0.15) is 12.0 Å². The van der Waals surface area contributed by atoms with E-state index >= 15 is 0 Å². The molecule has 1 N–H and O–H groups in total. The Kier molecular flexibility index (Phi) is 5.38. The Bertz CT molecular complexity index is 1800. The lowest BCUT2D eigenvalue weighted by Crippen LogP contribution is -2.73. The standard InChI is InChI=1S/C40H46N4O3/c1-4-23-19-41-15-13-39-28-9-6-7-11-30(28)44-36(39)27(25(23)17-32(39)41)21-47-38(44)34-26-18-33-40(14-16-42(33)20-24(26)5-2)29-10-8-12-31(46)35(29)43(22(3)45)37(34)40/h4-12,25-27,32-34,36-38,46H,13-21H2,1-3H3/b23-4-,24-5-/t25-,26-,27-,32-,33-,34+,36-,37+,38-,39+,40+/m0/s1. The van der Waals surface area contributed by atoms with E-state index in [4.69, 9.17) is 4.74 Å². The van der Waals surface area contributed by atoms with E-state index in [1.165, 1.54) is 29.7 Å². The third kappa shape index (κ3) is 2.99. The van der Waals surface area contributed by atoms with Gasteiger partial charge < -0.3 is 19.6 Å². The molecular weight excluding hydrogens is 584 g/mol. The zero-order chi connectivity index (χ0) is 31.6. The van der Waals surface area contributed by atoms with Crippen LogP contribution in [0.3, 0.4) is 0 Å². The monoisotopic (exact) mass is 630 g/mol. The number of carbonyl (C=O) groups excluding carboxylic acids is 1. The molecule has 7 nitrogen and oxygen atoms in total. The molecule has 7 heterocycles. The van der Waals surface area contributed by atoms with Gasteiger partial charge in [-0.25, -0.2) is 0 Å². The Labute approximate surface area is 277 Å².